The molecular formula is C13H13ClN2O2. The zero-order valence-electron chi connectivity index (χ0n) is 9.85. The van der Waals surface area contributed by atoms with E-state index in [0.29, 0.717) is 10.5 Å². The predicted molar refractivity (Wildman–Crippen MR) is 70.8 cm³/mol. The van der Waals surface area contributed by atoms with Crippen molar-refractivity contribution in [3.63, 3.8) is 0 Å². The number of carbonyl (C=O) groups is 1. The molecule has 94 valence electrons. The van der Waals surface area contributed by atoms with Crippen molar-refractivity contribution in [1.82, 2.24) is 10.3 Å². The highest BCUT2D eigenvalue weighted by Gasteiger charge is 2.09. The Morgan fingerprint density at radius 1 is 1.44 bits per heavy atom. The largest absolute Gasteiger partial charge is 0.392 e. The van der Waals surface area contributed by atoms with Crippen molar-refractivity contribution in [1.29, 1.82) is 0 Å². The molecule has 0 spiro atoms. The van der Waals surface area contributed by atoms with Crippen LogP contribution in [0, 0.1) is 0 Å². The van der Waals surface area contributed by atoms with Crippen LogP contribution in [0.1, 0.15) is 17.4 Å². The summed E-state index contributed by atoms with van der Waals surface area (Å²) < 4.78 is 0. The van der Waals surface area contributed by atoms with Gasteiger partial charge in [0.2, 0.25) is 0 Å². The van der Waals surface area contributed by atoms with E-state index in [-0.39, 0.29) is 18.1 Å². The maximum absolute atomic E-state index is 11.8. The minimum absolute atomic E-state index is 0.196. The Morgan fingerprint density at radius 2 is 2.22 bits per heavy atom. The number of para-hydroxylation sites is 1. The molecule has 2 aromatic rings. The molecule has 5 heteroatoms. The first-order valence-electron chi connectivity index (χ1n) is 5.59. The smallest absolute Gasteiger partial charge is 0.269 e. The summed E-state index contributed by atoms with van der Waals surface area (Å²) in [5, 5.41) is 13.1. The number of pyridine rings is 1. The van der Waals surface area contributed by atoms with Gasteiger partial charge in [0.05, 0.1) is 16.6 Å². The van der Waals surface area contributed by atoms with Crippen LogP contribution >= 0.6 is 11.6 Å². The van der Waals surface area contributed by atoms with Gasteiger partial charge in [-0.2, -0.15) is 0 Å². The molecule has 0 radical (unpaired) electrons. The SMILES string of the molecule is CC(O)CNC(=O)c1ccc2cccc(Cl)c2n1. The summed E-state index contributed by atoms with van der Waals surface area (Å²) >= 11 is 6.03. The summed E-state index contributed by atoms with van der Waals surface area (Å²) in [4.78, 5) is 16.0. The maximum Gasteiger partial charge on any atom is 0.269 e. The van der Waals surface area contributed by atoms with Crippen LogP contribution < -0.4 is 5.32 Å². The van der Waals surface area contributed by atoms with Crippen molar-refractivity contribution in [2.24, 2.45) is 0 Å². The summed E-state index contributed by atoms with van der Waals surface area (Å²) in [5.41, 5.74) is 0.889. The number of hydrogen-bond donors (Lipinski definition) is 2. The number of rotatable bonds is 3. The van der Waals surface area contributed by atoms with Crippen molar-refractivity contribution in [2.75, 3.05) is 6.54 Å². The Morgan fingerprint density at radius 3 is 2.94 bits per heavy atom. The molecule has 2 rings (SSSR count). The maximum atomic E-state index is 11.8. The fourth-order valence-electron chi connectivity index (χ4n) is 1.57. The highest BCUT2D eigenvalue weighted by Crippen LogP contribution is 2.21. The van der Waals surface area contributed by atoms with Gasteiger partial charge in [-0.25, -0.2) is 4.98 Å². The first-order chi connectivity index (χ1) is 8.58. The molecule has 0 saturated carbocycles. The molecule has 0 bridgehead atoms. The van der Waals surface area contributed by atoms with Gasteiger partial charge in [0.15, 0.2) is 0 Å². The van der Waals surface area contributed by atoms with Crippen LogP contribution in [-0.2, 0) is 0 Å². The second-order valence-electron chi connectivity index (χ2n) is 4.07. The number of hydrogen-bond acceptors (Lipinski definition) is 3. The van der Waals surface area contributed by atoms with Gasteiger partial charge in [-0.05, 0) is 19.1 Å². The number of fused-ring (bicyclic) bond motifs is 1. The molecule has 4 nitrogen and oxygen atoms in total. The first kappa shape index (κ1) is 12.8. The number of benzene rings is 1. The van der Waals surface area contributed by atoms with Gasteiger partial charge in [-0.15, -0.1) is 0 Å². The molecule has 1 aromatic carbocycles. The number of aliphatic hydroxyl groups excluding tert-OH is 1. The van der Waals surface area contributed by atoms with E-state index in [0.717, 1.165) is 5.39 Å². The van der Waals surface area contributed by atoms with E-state index in [4.69, 9.17) is 16.7 Å². The standard InChI is InChI=1S/C13H13ClN2O2/c1-8(17)7-15-13(18)11-6-5-9-3-2-4-10(14)12(9)16-11/h2-6,8,17H,7H2,1H3,(H,15,18). The Balaban J connectivity index is 2.29. The van der Waals surface area contributed by atoms with E-state index < -0.39 is 6.10 Å². The summed E-state index contributed by atoms with van der Waals surface area (Å²) in [6, 6.07) is 8.88. The lowest BCUT2D eigenvalue weighted by Gasteiger charge is -2.07. The second-order valence-corrected chi connectivity index (χ2v) is 4.47. The Hall–Kier alpha value is -1.65. The highest BCUT2D eigenvalue weighted by molar-refractivity contribution is 6.35. The fraction of sp³-hybridized carbons (Fsp3) is 0.231. The van der Waals surface area contributed by atoms with Crippen molar-refractivity contribution in [3.8, 4) is 0 Å². The number of aromatic nitrogens is 1. The molecule has 0 aliphatic heterocycles. The third-order valence-corrected chi connectivity index (χ3v) is 2.77. The normalized spacial score (nSPS) is 12.4. The number of nitrogens with one attached hydrogen (secondary N) is 1. The van der Waals surface area contributed by atoms with Gasteiger partial charge in [-0.1, -0.05) is 29.8 Å². The lowest BCUT2D eigenvalue weighted by molar-refractivity contribution is 0.0919. The average Bonchev–Trinajstić information content (AvgIpc) is 2.36. The molecule has 18 heavy (non-hydrogen) atoms. The van der Waals surface area contributed by atoms with Gasteiger partial charge in [0.1, 0.15) is 5.69 Å². The number of aliphatic hydroxyl groups is 1. The number of nitrogens with zero attached hydrogens (tertiary/aromatic N) is 1. The van der Waals surface area contributed by atoms with Crippen LogP contribution in [0.15, 0.2) is 30.3 Å². The Bertz CT molecular complexity index is 584. The Labute approximate surface area is 110 Å². The van der Waals surface area contributed by atoms with E-state index in [1.54, 1.807) is 25.1 Å². The molecule has 0 fully saturated rings. The van der Waals surface area contributed by atoms with Crippen LogP contribution in [0.4, 0.5) is 0 Å². The van der Waals surface area contributed by atoms with Crippen LogP contribution in [0.5, 0.6) is 0 Å². The number of carbonyl (C=O) groups excluding carboxylic acids is 1. The first-order valence-corrected chi connectivity index (χ1v) is 5.97. The summed E-state index contributed by atoms with van der Waals surface area (Å²) in [6.45, 7) is 1.80. The monoisotopic (exact) mass is 264 g/mol. The third-order valence-electron chi connectivity index (χ3n) is 2.46. The van der Waals surface area contributed by atoms with Crippen LogP contribution in [0.2, 0.25) is 5.02 Å². The van der Waals surface area contributed by atoms with E-state index in [1.807, 2.05) is 12.1 Å². The Kier molecular flexibility index (Phi) is 3.79. The van der Waals surface area contributed by atoms with Gasteiger partial charge in [0, 0.05) is 11.9 Å². The fourth-order valence-corrected chi connectivity index (χ4v) is 1.79. The van der Waals surface area contributed by atoms with Crippen molar-refractivity contribution in [3.05, 3.63) is 41.0 Å². The van der Waals surface area contributed by atoms with Crippen LogP contribution in [-0.4, -0.2) is 28.6 Å². The minimum atomic E-state index is -0.585. The van der Waals surface area contributed by atoms with Gasteiger partial charge < -0.3 is 10.4 Å². The molecule has 0 aliphatic rings. The molecule has 1 aromatic heterocycles. The van der Waals surface area contributed by atoms with E-state index in [2.05, 4.69) is 10.3 Å². The summed E-state index contributed by atoms with van der Waals surface area (Å²) in [7, 11) is 0. The van der Waals surface area contributed by atoms with E-state index in [1.165, 1.54) is 0 Å². The van der Waals surface area contributed by atoms with Crippen molar-refractivity contribution in [2.45, 2.75) is 13.0 Å². The lowest BCUT2D eigenvalue weighted by atomic mass is 10.2. The average molecular weight is 265 g/mol. The summed E-state index contributed by atoms with van der Waals surface area (Å²) in [5.74, 6) is -0.322. The second kappa shape index (κ2) is 5.33. The quantitative estimate of drug-likeness (QED) is 0.891. The highest BCUT2D eigenvalue weighted by atomic mass is 35.5. The molecule has 0 saturated heterocycles. The molecule has 2 N–H and O–H groups in total. The molecule has 1 heterocycles. The van der Waals surface area contributed by atoms with Crippen LogP contribution in [0.25, 0.3) is 10.9 Å². The summed E-state index contributed by atoms with van der Waals surface area (Å²) in [6.07, 6.45) is -0.585. The number of halogens is 1. The van der Waals surface area contributed by atoms with E-state index in [9.17, 15) is 4.79 Å². The van der Waals surface area contributed by atoms with E-state index >= 15 is 0 Å². The molecular weight excluding hydrogens is 252 g/mol. The lowest BCUT2D eigenvalue weighted by Crippen LogP contribution is -2.31. The topological polar surface area (TPSA) is 62.2 Å². The predicted octanol–water partition coefficient (Wildman–Crippen LogP) is 2.00. The van der Waals surface area contributed by atoms with Crippen LogP contribution in [0.3, 0.4) is 0 Å². The van der Waals surface area contributed by atoms with Crippen molar-refractivity contribution >= 4 is 28.4 Å². The minimum Gasteiger partial charge on any atom is -0.392 e. The van der Waals surface area contributed by atoms with Gasteiger partial charge >= 0.3 is 0 Å². The molecule has 1 amide bonds. The van der Waals surface area contributed by atoms with Gasteiger partial charge in [-0.3, -0.25) is 4.79 Å². The zero-order chi connectivity index (χ0) is 13.1. The number of amides is 1. The molecule has 1 unspecified atom stereocenters. The van der Waals surface area contributed by atoms with Crippen molar-refractivity contribution < 1.29 is 9.90 Å². The third kappa shape index (κ3) is 2.78. The zero-order valence-corrected chi connectivity index (χ0v) is 10.6. The molecule has 1 atom stereocenters. The molecule has 0 aliphatic carbocycles. The van der Waals surface area contributed by atoms with Gasteiger partial charge in [0.25, 0.3) is 5.91 Å².